The van der Waals surface area contributed by atoms with Crippen molar-refractivity contribution in [1.29, 1.82) is 0 Å². The lowest BCUT2D eigenvalue weighted by atomic mass is 10.2. The van der Waals surface area contributed by atoms with E-state index in [0.29, 0.717) is 5.76 Å². The largest absolute Gasteiger partial charge is 0.508 e. The molecule has 3 heteroatoms. The molecule has 0 aromatic heterocycles. The van der Waals surface area contributed by atoms with E-state index in [2.05, 4.69) is 0 Å². The van der Waals surface area contributed by atoms with E-state index in [9.17, 15) is 4.79 Å². The number of rotatable bonds is 0. The summed E-state index contributed by atoms with van der Waals surface area (Å²) in [6.07, 6.45) is 2.62. The van der Waals surface area contributed by atoms with Crippen LogP contribution < -0.4 is 0 Å². The van der Waals surface area contributed by atoms with Crippen molar-refractivity contribution in [2.75, 3.05) is 0 Å². The van der Waals surface area contributed by atoms with Gasteiger partial charge in [-0.05, 0) is 6.92 Å². The summed E-state index contributed by atoms with van der Waals surface area (Å²) in [6.45, 7) is 5.61. The van der Waals surface area contributed by atoms with Gasteiger partial charge in [-0.2, -0.15) is 0 Å². The molecule has 0 unspecified atom stereocenters. The Bertz CT molecular complexity index is 210. The van der Waals surface area contributed by atoms with E-state index in [4.69, 9.17) is 9.84 Å². The van der Waals surface area contributed by atoms with Crippen LogP contribution in [0, 0.1) is 0 Å². The van der Waals surface area contributed by atoms with Crippen molar-refractivity contribution in [3.8, 4) is 0 Å². The third-order valence-corrected chi connectivity index (χ3v) is 1.25. The standard InChI is InChI=1S/C7H8O3.C2H6/c1-5-7(9)4-6(8)2-3-10-5;1-2/h2-3,9H,4H2,1H3;1-2H3. The van der Waals surface area contributed by atoms with Crippen LogP contribution in [0.1, 0.15) is 27.2 Å². The molecule has 1 heterocycles. The van der Waals surface area contributed by atoms with Gasteiger partial charge in [0.2, 0.25) is 0 Å². The molecule has 0 spiro atoms. The molecular weight excluding hydrogens is 156 g/mol. The molecule has 0 amide bonds. The second-order valence-corrected chi connectivity index (χ2v) is 2.07. The van der Waals surface area contributed by atoms with Gasteiger partial charge in [-0.15, -0.1) is 0 Å². The summed E-state index contributed by atoms with van der Waals surface area (Å²) >= 11 is 0. The van der Waals surface area contributed by atoms with Crippen molar-refractivity contribution in [3.05, 3.63) is 23.9 Å². The molecular formula is C9H14O3. The summed E-state index contributed by atoms with van der Waals surface area (Å²) in [4.78, 5) is 10.7. The Morgan fingerprint density at radius 3 is 2.67 bits per heavy atom. The number of carbonyl (C=O) groups excluding carboxylic acids is 1. The third-order valence-electron chi connectivity index (χ3n) is 1.25. The van der Waals surface area contributed by atoms with Crippen molar-refractivity contribution in [2.45, 2.75) is 27.2 Å². The smallest absolute Gasteiger partial charge is 0.166 e. The molecule has 3 nitrogen and oxygen atoms in total. The van der Waals surface area contributed by atoms with Crippen LogP contribution in [0.4, 0.5) is 0 Å². The third kappa shape index (κ3) is 3.23. The number of carbonyl (C=O) groups is 1. The van der Waals surface area contributed by atoms with E-state index in [0.717, 1.165) is 0 Å². The second-order valence-electron chi connectivity index (χ2n) is 2.07. The zero-order valence-electron chi connectivity index (χ0n) is 7.63. The maximum Gasteiger partial charge on any atom is 0.166 e. The summed E-state index contributed by atoms with van der Waals surface area (Å²) in [5, 5.41) is 9.02. The quantitative estimate of drug-likeness (QED) is 0.606. The molecule has 0 aromatic rings. The van der Waals surface area contributed by atoms with E-state index in [1.807, 2.05) is 13.8 Å². The topological polar surface area (TPSA) is 46.5 Å². The molecule has 0 radical (unpaired) electrons. The summed E-state index contributed by atoms with van der Waals surface area (Å²) in [5.74, 6) is 0.256. The monoisotopic (exact) mass is 170 g/mol. The molecule has 0 saturated carbocycles. The highest BCUT2D eigenvalue weighted by molar-refractivity contribution is 5.91. The molecule has 68 valence electrons. The van der Waals surface area contributed by atoms with Gasteiger partial charge >= 0.3 is 0 Å². The van der Waals surface area contributed by atoms with Crippen molar-refractivity contribution < 1.29 is 14.6 Å². The van der Waals surface area contributed by atoms with E-state index in [1.165, 1.54) is 12.3 Å². The Hall–Kier alpha value is -1.25. The predicted molar refractivity (Wildman–Crippen MR) is 46.5 cm³/mol. The summed E-state index contributed by atoms with van der Waals surface area (Å²) < 4.78 is 4.81. The molecule has 1 rings (SSSR count). The second kappa shape index (κ2) is 5.41. The first kappa shape index (κ1) is 10.8. The Morgan fingerprint density at radius 1 is 1.50 bits per heavy atom. The Balaban J connectivity index is 0.000000561. The van der Waals surface area contributed by atoms with Crippen LogP contribution in [0.5, 0.6) is 0 Å². The zero-order chi connectivity index (χ0) is 9.56. The van der Waals surface area contributed by atoms with Crippen LogP contribution in [-0.4, -0.2) is 10.9 Å². The van der Waals surface area contributed by atoms with Crippen molar-refractivity contribution in [3.63, 3.8) is 0 Å². The molecule has 0 atom stereocenters. The number of hydrogen-bond donors (Lipinski definition) is 1. The maximum absolute atomic E-state index is 10.7. The van der Waals surface area contributed by atoms with Crippen molar-refractivity contribution >= 4 is 5.78 Å². The SMILES string of the molecule is CC.CC1=C(O)CC(=O)C=CO1. The molecule has 0 saturated heterocycles. The molecule has 0 aromatic carbocycles. The lowest BCUT2D eigenvalue weighted by Gasteiger charge is -1.98. The van der Waals surface area contributed by atoms with Gasteiger partial charge in [0.05, 0.1) is 12.7 Å². The summed E-state index contributed by atoms with van der Waals surface area (Å²) in [5.41, 5.74) is 0. The molecule has 1 N–H and O–H groups in total. The van der Waals surface area contributed by atoms with Crippen LogP contribution >= 0.6 is 0 Å². The number of aliphatic hydroxyl groups excluding tert-OH is 1. The Labute approximate surface area is 72.3 Å². The van der Waals surface area contributed by atoms with Gasteiger partial charge in [0, 0.05) is 6.08 Å². The number of hydrogen-bond acceptors (Lipinski definition) is 3. The highest BCUT2D eigenvalue weighted by Crippen LogP contribution is 2.11. The van der Waals surface area contributed by atoms with E-state index in [1.54, 1.807) is 6.92 Å². The van der Waals surface area contributed by atoms with Crippen LogP contribution in [0.25, 0.3) is 0 Å². The molecule has 12 heavy (non-hydrogen) atoms. The average Bonchev–Trinajstić information content (AvgIpc) is 2.19. The van der Waals surface area contributed by atoms with Gasteiger partial charge in [-0.3, -0.25) is 4.79 Å². The number of allylic oxidation sites excluding steroid dienone is 3. The predicted octanol–water partition coefficient (Wildman–Crippen LogP) is 2.31. The minimum Gasteiger partial charge on any atom is -0.508 e. The first-order chi connectivity index (χ1) is 5.70. The first-order valence-electron chi connectivity index (χ1n) is 3.95. The van der Waals surface area contributed by atoms with Crippen LogP contribution in [0.3, 0.4) is 0 Å². The fraction of sp³-hybridized carbons (Fsp3) is 0.444. The molecule has 1 aliphatic rings. The summed E-state index contributed by atoms with van der Waals surface area (Å²) in [6, 6.07) is 0. The van der Waals surface area contributed by atoms with Crippen LogP contribution in [-0.2, 0) is 9.53 Å². The van der Waals surface area contributed by atoms with Crippen LogP contribution in [0.15, 0.2) is 23.9 Å². The molecule has 0 bridgehead atoms. The fourth-order valence-corrected chi connectivity index (χ4v) is 0.628. The minimum absolute atomic E-state index is 0.00926. The fourth-order valence-electron chi connectivity index (χ4n) is 0.628. The lowest BCUT2D eigenvalue weighted by molar-refractivity contribution is -0.114. The van der Waals surface area contributed by atoms with E-state index in [-0.39, 0.29) is 18.0 Å². The number of ether oxygens (including phenoxy) is 1. The molecule has 0 fully saturated rings. The van der Waals surface area contributed by atoms with Crippen molar-refractivity contribution in [1.82, 2.24) is 0 Å². The van der Waals surface area contributed by atoms with Gasteiger partial charge < -0.3 is 9.84 Å². The molecule has 0 aliphatic carbocycles. The highest BCUT2D eigenvalue weighted by Gasteiger charge is 2.08. The first-order valence-corrected chi connectivity index (χ1v) is 3.95. The van der Waals surface area contributed by atoms with Gasteiger partial charge in [0.1, 0.15) is 11.5 Å². The van der Waals surface area contributed by atoms with E-state index >= 15 is 0 Å². The lowest BCUT2D eigenvalue weighted by Crippen LogP contribution is -1.94. The summed E-state index contributed by atoms with van der Waals surface area (Å²) in [7, 11) is 0. The van der Waals surface area contributed by atoms with Crippen molar-refractivity contribution in [2.24, 2.45) is 0 Å². The van der Waals surface area contributed by atoms with Gasteiger partial charge in [-0.25, -0.2) is 0 Å². The Morgan fingerprint density at radius 2 is 2.08 bits per heavy atom. The van der Waals surface area contributed by atoms with E-state index < -0.39 is 0 Å². The molecule has 1 aliphatic heterocycles. The maximum atomic E-state index is 10.7. The number of aliphatic hydroxyl groups is 1. The zero-order valence-corrected chi connectivity index (χ0v) is 7.63. The average molecular weight is 170 g/mol. The van der Waals surface area contributed by atoms with Gasteiger partial charge in [0.25, 0.3) is 0 Å². The van der Waals surface area contributed by atoms with Crippen LogP contribution in [0.2, 0.25) is 0 Å². The highest BCUT2D eigenvalue weighted by atomic mass is 16.5. The van der Waals surface area contributed by atoms with Gasteiger partial charge in [0.15, 0.2) is 5.78 Å². The van der Waals surface area contributed by atoms with Gasteiger partial charge in [-0.1, -0.05) is 13.8 Å². The minimum atomic E-state index is -0.144. The number of ketones is 1. The normalized spacial score (nSPS) is 16.1. The Kier molecular flexibility index (Phi) is 4.84.